The number of phenolic OH excluding ortho intramolecular Hbond substituents is 1. The van der Waals surface area contributed by atoms with Gasteiger partial charge in [0.25, 0.3) is 5.91 Å². The third-order valence-corrected chi connectivity index (χ3v) is 4.41. The minimum absolute atomic E-state index is 0.0263. The number of nitrogens with one attached hydrogen (secondary N) is 2. The Bertz CT molecular complexity index is 586. The Hall–Kier alpha value is -1.33. The van der Waals surface area contributed by atoms with Crippen LogP contribution in [0.5, 0.6) is 5.75 Å². The Kier molecular flexibility index (Phi) is 2.68. The summed E-state index contributed by atoms with van der Waals surface area (Å²) >= 11 is 7.24. The smallest absolute Gasteiger partial charge is 0.260 e. The van der Waals surface area contributed by atoms with Crippen molar-refractivity contribution in [1.82, 2.24) is 5.32 Å². The van der Waals surface area contributed by atoms with Gasteiger partial charge in [-0.3, -0.25) is 4.79 Å². The highest BCUT2D eigenvalue weighted by molar-refractivity contribution is 8.04. The Morgan fingerprint density at radius 3 is 3.06 bits per heavy atom. The SMILES string of the molecule is CC1CC2=C(Sc3cc(O)c(Cl)cc3N2)C(=O)N1. The number of fused-ring (bicyclic) bond motifs is 1. The summed E-state index contributed by atoms with van der Waals surface area (Å²) in [5.74, 6) is -0.0420. The van der Waals surface area contributed by atoms with Crippen molar-refractivity contribution < 1.29 is 9.90 Å². The summed E-state index contributed by atoms with van der Waals surface area (Å²) in [6.45, 7) is 1.97. The molecule has 1 atom stereocenters. The maximum Gasteiger partial charge on any atom is 0.260 e. The molecule has 0 radical (unpaired) electrons. The molecule has 3 N–H and O–H groups in total. The van der Waals surface area contributed by atoms with Crippen molar-refractivity contribution in [3.05, 3.63) is 27.8 Å². The van der Waals surface area contributed by atoms with Crippen molar-refractivity contribution in [3.63, 3.8) is 0 Å². The molecule has 0 aromatic heterocycles. The topological polar surface area (TPSA) is 61.4 Å². The van der Waals surface area contributed by atoms with Crippen LogP contribution in [0.1, 0.15) is 13.3 Å². The summed E-state index contributed by atoms with van der Waals surface area (Å²) in [4.78, 5) is 13.4. The zero-order valence-electron chi connectivity index (χ0n) is 9.58. The molecule has 0 aliphatic carbocycles. The van der Waals surface area contributed by atoms with Gasteiger partial charge in [-0.05, 0) is 19.1 Å². The molecule has 2 aliphatic rings. The quantitative estimate of drug-likeness (QED) is 0.640. The van der Waals surface area contributed by atoms with Gasteiger partial charge in [-0.25, -0.2) is 0 Å². The van der Waals surface area contributed by atoms with Crippen molar-refractivity contribution in [2.24, 2.45) is 0 Å². The number of amides is 1. The van der Waals surface area contributed by atoms with Crippen LogP contribution in [-0.2, 0) is 4.79 Å². The number of benzene rings is 1. The second-order valence-electron chi connectivity index (χ2n) is 4.41. The predicted molar refractivity (Wildman–Crippen MR) is 71.8 cm³/mol. The fraction of sp³-hybridized carbons (Fsp3) is 0.250. The van der Waals surface area contributed by atoms with E-state index in [0.717, 1.165) is 22.7 Å². The lowest BCUT2D eigenvalue weighted by Gasteiger charge is -2.30. The first-order valence-electron chi connectivity index (χ1n) is 5.56. The first-order valence-corrected chi connectivity index (χ1v) is 6.75. The molecule has 1 aromatic carbocycles. The zero-order valence-corrected chi connectivity index (χ0v) is 11.2. The average molecular weight is 283 g/mol. The van der Waals surface area contributed by atoms with Crippen LogP contribution >= 0.6 is 23.4 Å². The normalized spacial score (nSPS) is 21.9. The number of halogens is 1. The Morgan fingerprint density at radius 1 is 1.50 bits per heavy atom. The van der Waals surface area contributed by atoms with Crippen LogP contribution in [-0.4, -0.2) is 17.1 Å². The van der Waals surface area contributed by atoms with Gasteiger partial charge in [-0.15, -0.1) is 0 Å². The Labute approximate surface area is 113 Å². The third kappa shape index (κ3) is 1.83. The third-order valence-electron chi connectivity index (χ3n) is 2.91. The molecule has 6 heteroatoms. The van der Waals surface area contributed by atoms with Crippen LogP contribution in [0.15, 0.2) is 27.6 Å². The van der Waals surface area contributed by atoms with Crippen molar-refractivity contribution in [2.75, 3.05) is 5.32 Å². The summed E-state index contributed by atoms with van der Waals surface area (Å²) < 4.78 is 0. The molecule has 0 bridgehead atoms. The van der Waals surface area contributed by atoms with Gasteiger partial charge in [-0.2, -0.15) is 0 Å². The van der Waals surface area contributed by atoms with Crippen LogP contribution in [0.25, 0.3) is 0 Å². The second-order valence-corrected chi connectivity index (χ2v) is 5.87. The van der Waals surface area contributed by atoms with Gasteiger partial charge in [0.2, 0.25) is 0 Å². The molecule has 94 valence electrons. The number of carbonyl (C=O) groups excluding carboxylic acids is 1. The average Bonchev–Trinajstić information content (AvgIpc) is 2.29. The van der Waals surface area contributed by atoms with E-state index in [0.29, 0.717) is 9.93 Å². The van der Waals surface area contributed by atoms with Gasteiger partial charge in [-0.1, -0.05) is 23.4 Å². The molecule has 18 heavy (non-hydrogen) atoms. The van der Waals surface area contributed by atoms with Crippen LogP contribution in [0, 0.1) is 0 Å². The molecule has 0 saturated carbocycles. The molecule has 1 aromatic rings. The van der Waals surface area contributed by atoms with Crippen LogP contribution in [0.4, 0.5) is 5.69 Å². The molecule has 2 aliphatic heterocycles. The summed E-state index contributed by atoms with van der Waals surface area (Å²) in [5.41, 5.74) is 1.76. The maximum atomic E-state index is 11.9. The summed E-state index contributed by atoms with van der Waals surface area (Å²) in [5, 5.41) is 16.0. The molecule has 1 amide bonds. The molecule has 3 rings (SSSR count). The molecule has 0 spiro atoms. The first-order chi connectivity index (χ1) is 8.54. The number of carbonyl (C=O) groups is 1. The number of hydrogen-bond donors (Lipinski definition) is 3. The Morgan fingerprint density at radius 2 is 2.28 bits per heavy atom. The van der Waals surface area contributed by atoms with Gasteiger partial charge in [0.1, 0.15) is 5.75 Å². The number of anilines is 1. The Balaban J connectivity index is 2.03. The van der Waals surface area contributed by atoms with Gasteiger partial charge in [0.15, 0.2) is 0 Å². The number of phenols is 1. The molecular formula is C12H11ClN2O2S. The molecule has 0 saturated heterocycles. The molecule has 0 fully saturated rings. The fourth-order valence-electron chi connectivity index (χ4n) is 2.09. The summed E-state index contributed by atoms with van der Waals surface area (Å²) in [7, 11) is 0. The molecule has 1 unspecified atom stereocenters. The molecular weight excluding hydrogens is 272 g/mol. The molecule has 4 nitrogen and oxygen atoms in total. The van der Waals surface area contributed by atoms with E-state index in [9.17, 15) is 9.90 Å². The highest BCUT2D eigenvalue weighted by Crippen LogP contribution is 2.45. The van der Waals surface area contributed by atoms with Crippen LogP contribution in [0.3, 0.4) is 0 Å². The monoisotopic (exact) mass is 282 g/mol. The van der Waals surface area contributed by atoms with Gasteiger partial charge >= 0.3 is 0 Å². The second kappa shape index (κ2) is 4.10. The van der Waals surface area contributed by atoms with Crippen molar-refractivity contribution in [2.45, 2.75) is 24.3 Å². The van der Waals surface area contributed by atoms with Crippen molar-refractivity contribution >= 4 is 35.0 Å². The largest absolute Gasteiger partial charge is 0.506 e. The van der Waals surface area contributed by atoms with Crippen molar-refractivity contribution in [3.8, 4) is 5.75 Å². The lowest BCUT2D eigenvalue weighted by atomic mass is 10.1. The molecule has 2 heterocycles. The van der Waals surface area contributed by atoms with E-state index in [1.807, 2.05) is 6.92 Å². The number of hydrogen-bond acceptors (Lipinski definition) is 4. The predicted octanol–water partition coefficient (Wildman–Crippen LogP) is 2.68. The maximum absolute atomic E-state index is 11.9. The summed E-state index contributed by atoms with van der Waals surface area (Å²) in [6, 6.07) is 3.38. The van der Waals surface area contributed by atoms with Crippen LogP contribution in [0.2, 0.25) is 5.02 Å². The fourth-order valence-corrected chi connectivity index (χ4v) is 3.27. The van der Waals surface area contributed by atoms with E-state index in [1.165, 1.54) is 11.8 Å². The minimum Gasteiger partial charge on any atom is -0.506 e. The zero-order chi connectivity index (χ0) is 12.9. The lowest BCUT2D eigenvalue weighted by Crippen LogP contribution is -2.39. The summed E-state index contributed by atoms with van der Waals surface area (Å²) in [6.07, 6.45) is 0.770. The van der Waals surface area contributed by atoms with Gasteiger partial charge in [0.05, 0.1) is 15.6 Å². The standard InChI is InChI=1S/C12H11ClN2O2S/c1-5-2-8-11(12(17)14-5)18-10-4-9(16)6(13)3-7(10)15-8/h3-5,15-16H,2H2,1H3,(H,14,17). The van der Waals surface area contributed by atoms with Gasteiger partial charge in [0, 0.05) is 23.1 Å². The number of thioether (sulfide) groups is 1. The van der Waals surface area contributed by atoms with Crippen LogP contribution < -0.4 is 10.6 Å². The van der Waals surface area contributed by atoms with E-state index >= 15 is 0 Å². The number of aromatic hydroxyl groups is 1. The van der Waals surface area contributed by atoms with E-state index in [2.05, 4.69) is 10.6 Å². The van der Waals surface area contributed by atoms with Crippen molar-refractivity contribution in [1.29, 1.82) is 0 Å². The van der Waals surface area contributed by atoms with E-state index in [1.54, 1.807) is 12.1 Å². The first kappa shape index (κ1) is 11.7. The van der Waals surface area contributed by atoms with E-state index in [-0.39, 0.29) is 17.7 Å². The highest BCUT2D eigenvalue weighted by atomic mass is 35.5. The van der Waals surface area contributed by atoms with E-state index in [4.69, 9.17) is 11.6 Å². The lowest BCUT2D eigenvalue weighted by molar-refractivity contribution is -0.117. The number of rotatable bonds is 0. The minimum atomic E-state index is -0.0682. The highest BCUT2D eigenvalue weighted by Gasteiger charge is 2.30. The van der Waals surface area contributed by atoms with E-state index < -0.39 is 0 Å². The van der Waals surface area contributed by atoms with Gasteiger partial charge < -0.3 is 15.7 Å².